The summed E-state index contributed by atoms with van der Waals surface area (Å²) in [4.78, 5) is 11.4. The smallest absolute Gasteiger partial charge is 0.162 e. The van der Waals surface area contributed by atoms with Gasteiger partial charge in [0.25, 0.3) is 0 Å². The van der Waals surface area contributed by atoms with E-state index in [1.54, 1.807) is 7.11 Å². The molecule has 0 heterocycles. The van der Waals surface area contributed by atoms with E-state index in [0.29, 0.717) is 17.6 Å². The molecule has 3 unspecified atom stereocenters. The van der Waals surface area contributed by atoms with Crippen molar-refractivity contribution in [1.82, 2.24) is 0 Å². The minimum absolute atomic E-state index is 0.0613. The van der Waals surface area contributed by atoms with Crippen LogP contribution >= 0.6 is 0 Å². The Morgan fingerprint density at radius 3 is 3.00 bits per heavy atom. The molecular formula is C9H14O2. The molecule has 2 saturated carbocycles. The first-order chi connectivity index (χ1) is 5.31. The number of hydrogen-bond donors (Lipinski definition) is 0. The van der Waals surface area contributed by atoms with Gasteiger partial charge in [-0.1, -0.05) is 0 Å². The van der Waals surface area contributed by atoms with Crippen LogP contribution in [0, 0.1) is 11.8 Å². The molecule has 2 aliphatic rings. The monoisotopic (exact) mass is 154 g/mol. The van der Waals surface area contributed by atoms with Gasteiger partial charge in [-0.05, 0) is 31.1 Å². The number of ketones is 1. The van der Waals surface area contributed by atoms with E-state index in [4.69, 9.17) is 4.74 Å². The number of methoxy groups -OCH3 is 1. The highest BCUT2D eigenvalue weighted by Crippen LogP contribution is 2.41. The van der Waals surface area contributed by atoms with Crippen molar-refractivity contribution in [3.8, 4) is 0 Å². The molecule has 0 radical (unpaired) electrons. The van der Waals surface area contributed by atoms with Crippen LogP contribution in [-0.2, 0) is 9.53 Å². The van der Waals surface area contributed by atoms with Gasteiger partial charge in [-0.25, -0.2) is 0 Å². The highest BCUT2D eigenvalue weighted by molar-refractivity contribution is 5.84. The zero-order chi connectivity index (χ0) is 7.84. The molecule has 2 heteroatoms. The van der Waals surface area contributed by atoms with Crippen LogP contribution in [-0.4, -0.2) is 19.0 Å². The largest absolute Gasteiger partial charge is 0.373 e. The topological polar surface area (TPSA) is 26.3 Å². The van der Waals surface area contributed by atoms with Gasteiger partial charge in [0.05, 0.1) is 0 Å². The molecule has 2 aliphatic carbocycles. The summed E-state index contributed by atoms with van der Waals surface area (Å²) in [6.07, 6.45) is 4.39. The molecule has 2 bridgehead atoms. The van der Waals surface area contributed by atoms with E-state index in [2.05, 4.69) is 0 Å². The van der Waals surface area contributed by atoms with Crippen LogP contribution in [0.2, 0.25) is 0 Å². The zero-order valence-corrected chi connectivity index (χ0v) is 6.88. The second-order valence-electron chi connectivity index (χ2n) is 3.77. The van der Waals surface area contributed by atoms with Gasteiger partial charge in [-0.15, -0.1) is 0 Å². The van der Waals surface area contributed by atoms with Gasteiger partial charge in [-0.3, -0.25) is 4.79 Å². The summed E-state index contributed by atoms with van der Waals surface area (Å²) in [7, 11) is 1.65. The Morgan fingerprint density at radius 2 is 2.27 bits per heavy atom. The van der Waals surface area contributed by atoms with Crippen LogP contribution in [0.15, 0.2) is 0 Å². The van der Waals surface area contributed by atoms with E-state index in [0.717, 1.165) is 6.42 Å². The van der Waals surface area contributed by atoms with Crippen molar-refractivity contribution in [2.45, 2.75) is 31.8 Å². The molecule has 2 nitrogen and oxygen atoms in total. The molecule has 2 rings (SSSR count). The number of carbonyl (C=O) groups excluding carboxylic acids is 1. The Balaban J connectivity index is 2.13. The van der Waals surface area contributed by atoms with E-state index >= 15 is 0 Å². The lowest BCUT2D eigenvalue weighted by atomic mass is 9.86. The minimum Gasteiger partial charge on any atom is -0.373 e. The molecule has 0 amide bonds. The Kier molecular flexibility index (Phi) is 1.72. The highest BCUT2D eigenvalue weighted by atomic mass is 16.5. The lowest BCUT2D eigenvalue weighted by Crippen LogP contribution is -2.34. The number of carbonyl (C=O) groups is 1. The molecule has 11 heavy (non-hydrogen) atoms. The fraction of sp³-hybridized carbons (Fsp3) is 0.889. The van der Waals surface area contributed by atoms with Crippen molar-refractivity contribution in [2.24, 2.45) is 11.8 Å². The first kappa shape index (κ1) is 7.29. The van der Waals surface area contributed by atoms with Crippen molar-refractivity contribution in [3.63, 3.8) is 0 Å². The van der Waals surface area contributed by atoms with Crippen molar-refractivity contribution < 1.29 is 9.53 Å². The SMILES string of the molecule is COC1C(=O)CC2CCC1C2. The minimum atomic E-state index is -0.0613. The lowest BCUT2D eigenvalue weighted by Gasteiger charge is -2.25. The van der Waals surface area contributed by atoms with E-state index < -0.39 is 0 Å². The van der Waals surface area contributed by atoms with Gasteiger partial charge in [-0.2, -0.15) is 0 Å². The van der Waals surface area contributed by atoms with E-state index in [1.165, 1.54) is 19.3 Å². The molecule has 0 aromatic heterocycles. The van der Waals surface area contributed by atoms with Gasteiger partial charge in [0.15, 0.2) is 5.78 Å². The quantitative estimate of drug-likeness (QED) is 0.570. The van der Waals surface area contributed by atoms with Gasteiger partial charge >= 0.3 is 0 Å². The fourth-order valence-corrected chi connectivity index (χ4v) is 2.56. The number of ether oxygens (including phenoxy) is 1. The standard InChI is InChI=1S/C9H14O2/c1-11-9-7-3-2-6(4-7)5-8(9)10/h6-7,9H,2-5H2,1H3. The Labute approximate surface area is 66.9 Å². The fourth-order valence-electron chi connectivity index (χ4n) is 2.56. The Hall–Kier alpha value is -0.370. The summed E-state index contributed by atoms with van der Waals surface area (Å²) in [5.74, 6) is 1.58. The normalized spacial score (nSPS) is 43.0. The van der Waals surface area contributed by atoms with Gasteiger partial charge < -0.3 is 4.74 Å². The maximum Gasteiger partial charge on any atom is 0.162 e. The lowest BCUT2D eigenvalue weighted by molar-refractivity contribution is -0.134. The second-order valence-corrected chi connectivity index (χ2v) is 3.77. The van der Waals surface area contributed by atoms with Crippen LogP contribution in [0.3, 0.4) is 0 Å². The van der Waals surface area contributed by atoms with Crippen LogP contribution in [0.5, 0.6) is 0 Å². The van der Waals surface area contributed by atoms with Crippen LogP contribution in [0.25, 0.3) is 0 Å². The average Bonchev–Trinajstić information content (AvgIpc) is 2.34. The van der Waals surface area contributed by atoms with Crippen LogP contribution in [0.4, 0.5) is 0 Å². The van der Waals surface area contributed by atoms with E-state index in [9.17, 15) is 4.79 Å². The summed E-state index contributed by atoms with van der Waals surface area (Å²) in [5.41, 5.74) is 0. The Morgan fingerprint density at radius 1 is 1.45 bits per heavy atom. The molecule has 3 atom stereocenters. The molecule has 0 N–H and O–H groups in total. The van der Waals surface area contributed by atoms with Crippen molar-refractivity contribution in [2.75, 3.05) is 7.11 Å². The zero-order valence-electron chi connectivity index (χ0n) is 6.88. The number of fused-ring (bicyclic) bond motifs is 2. The molecule has 62 valence electrons. The van der Waals surface area contributed by atoms with Crippen LogP contribution < -0.4 is 0 Å². The predicted molar refractivity (Wildman–Crippen MR) is 41.3 cm³/mol. The second kappa shape index (κ2) is 2.59. The molecule has 0 aliphatic heterocycles. The summed E-state index contributed by atoms with van der Waals surface area (Å²) in [5, 5.41) is 0. The Bertz CT molecular complexity index is 176. The number of hydrogen-bond acceptors (Lipinski definition) is 2. The molecule has 0 spiro atoms. The third-order valence-corrected chi connectivity index (χ3v) is 3.07. The number of Topliss-reactive ketones (excluding diaryl/α,β-unsaturated/α-hetero) is 1. The highest BCUT2D eigenvalue weighted by Gasteiger charge is 2.40. The van der Waals surface area contributed by atoms with Crippen molar-refractivity contribution in [3.05, 3.63) is 0 Å². The summed E-state index contributed by atoms with van der Waals surface area (Å²) >= 11 is 0. The average molecular weight is 154 g/mol. The van der Waals surface area contributed by atoms with E-state index in [1.807, 2.05) is 0 Å². The van der Waals surface area contributed by atoms with Gasteiger partial charge in [0, 0.05) is 13.5 Å². The maximum atomic E-state index is 11.4. The third-order valence-electron chi connectivity index (χ3n) is 3.07. The molecule has 0 aromatic carbocycles. The summed E-state index contributed by atoms with van der Waals surface area (Å²) < 4.78 is 5.18. The number of rotatable bonds is 1. The maximum absolute atomic E-state index is 11.4. The first-order valence-electron chi connectivity index (χ1n) is 4.36. The molecular weight excluding hydrogens is 140 g/mol. The first-order valence-corrected chi connectivity index (χ1v) is 4.36. The van der Waals surface area contributed by atoms with Gasteiger partial charge in [0.2, 0.25) is 0 Å². The van der Waals surface area contributed by atoms with Gasteiger partial charge in [0.1, 0.15) is 6.10 Å². The summed E-state index contributed by atoms with van der Waals surface area (Å²) in [6.45, 7) is 0. The summed E-state index contributed by atoms with van der Waals surface area (Å²) in [6, 6.07) is 0. The molecule has 0 saturated heterocycles. The molecule has 0 aromatic rings. The predicted octanol–water partition coefficient (Wildman–Crippen LogP) is 1.39. The van der Waals surface area contributed by atoms with E-state index in [-0.39, 0.29) is 6.10 Å². The molecule has 2 fully saturated rings. The van der Waals surface area contributed by atoms with Crippen molar-refractivity contribution in [1.29, 1.82) is 0 Å². The van der Waals surface area contributed by atoms with Crippen molar-refractivity contribution >= 4 is 5.78 Å². The third kappa shape index (κ3) is 1.09. The van der Waals surface area contributed by atoms with Crippen LogP contribution in [0.1, 0.15) is 25.7 Å².